The van der Waals surface area contributed by atoms with Crippen molar-refractivity contribution in [3.63, 3.8) is 0 Å². The molecule has 4 N–H and O–H groups in total. The van der Waals surface area contributed by atoms with Crippen LogP contribution in [0, 0.1) is 22.5 Å². The summed E-state index contributed by atoms with van der Waals surface area (Å²) < 4.78 is 0. The average Bonchev–Trinajstić information content (AvgIpc) is 2.93. The van der Waals surface area contributed by atoms with Gasteiger partial charge in [0.25, 0.3) is 0 Å². The van der Waals surface area contributed by atoms with E-state index >= 15 is 0 Å². The van der Waals surface area contributed by atoms with Crippen LogP contribution in [-0.4, -0.2) is 21.4 Å². The number of rotatable bonds is 6. The Morgan fingerprint density at radius 2 is 2.05 bits per heavy atom. The number of hydrogen-bond donors (Lipinski definition) is 3. The summed E-state index contributed by atoms with van der Waals surface area (Å²) >= 11 is 0. The molecule has 0 saturated heterocycles. The molecular formula is C13H22N6O2. The van der Waals surface area contributed by atoms with Crippen LogP contribution in [0.3, 0.4) is 0 Å². The lowest BCUT2D eigenvalue weighted by Crippen LogP contribution is -2.27. The number of nitrogens with one attached hydrogen (secondary N) is 2. The molecule has 1 aliphatic carbocycles. The lowest BCUT2D eigenvalue weighted by atomic mass is 9.83. The van der Waals surface area contributed by atoms with Gasteiger partial charge in [-0.05, 0) is 31.6 Å². The van der Waals surface area contributed by atoms with Crippen molar-refractivity contribution >= 4 is 17.5 Å². The molecule has 1 saturated carbocycles. The van der Waals surface area contributed by atoms with Crippen LogP contribution in [0.15, 0.2) is 0 Å². The maximum absolute atomic E-state index is 11.2. The lowest BCUT2D eigenvalue weighted by Gasteiger charge is -2.27. The van der Waals surface area contributed by atoms with Crippen LogP contribution in [0.4, 0.5) is 17.5 Å². The minimum Gasteiger partial charge on any atom is -0.364 e. The van der Waals surface area contributed by atoms with Crippen molar-refractivity contribution in [2.75, 3.05) is 17.3 Å². The second kappa shape index (κ2) is 6.21. The molecule has 0 unspecified atom stereocenters. The molecule has 116 valence electrons. The monoisotopic (exact) mass is 294 g/mol. The summed E-state index contributed by atoms with van der Waals surface area (Å²) in [5, 5.41) is 14.4. The normalized spacial score (nSPS) is 16.7. The Morgan fingerprint density at radius 1 is 1.38 bits per heavy atom. The summed E-state index contributed by atoms with van der Waals surface area (Å²) in [5.74, 6) is 5.73. The maximum Gasteiger partial charge on any atom is 0.332 e. The van der Waals surface area contributed by atoms with Gasteiger partial charge < -0.3 is 5.32 Å². The third-order valence-corrected chi connectivity index (χ3v) is 4.42. The molecule has 0 atom stereocenters. The molecule has 8 nitrogen and oxygen atoms in total. The van der Waals surface area contributed by atoms with Gasteiger partial charge in [-0.2, -0.15) is 4.98 Å². The van der Waals surface area contributed by atoms with Gasteiger partial charge in [-0.3, -0.25) is 15.5 Å². The summed E-state index contributed by atoms with van der Waals surface area (Å²) in [6.07, 6.45) is 5.79. The first kappa shape index (κ1) is 15.4. The maximum atomic E-state index is 11.2. The molecule has 0 bridgehead atoms. The molecule has 21 heavy (non-hydrogen) atoms. The fourth-order valence-corrected chi connectivity index (χ4v) is 3.02. The summed E-state index contributed by atoms with van der Waals surface area (Å²) in [6, 6.07) is 0. The zero-order valence-electron chi connectivity index (χ0n) is 12.5. The molecule has 1 aromatic heterocycles. The standard InChI is InChI=1S/C13H22N6O2/c1-3-13(6-4-5-7-13)8-15-11-10(19(20)21)9(2)16-12(17-11)18-14/h3-8,14H2,1-2H3,(H2,15,16,17,18). The number of aromatic nitrogens is 2. The van der Waals surface area contributed by atoms with Gasteiger partial charge in [-0.15, -0.1) is 0 Å². The van der Waals surface area contributed by atoms with E-state index in [2.05, 4.69) is 27.6 Å². The molecule has 1 heterocycles. The first-order chi connectivity index (χ1) is 10.0. The number of aryl methyl sites for hydroxylation is 1. The van der Waals surface area contributed by atoms with Gasteiger partial charge in [0.1, 0.15) is 5.69 Å². The third kappa shape index (κ3) is 3.21. The number of nitro groups is 1. The topological polar surface area (TPSA) is 119 Å². The van der Waals surface area contributed by atoms with Crippen molar-refractivity contribution < 1.29 is 4.92 Å². The number of hydrogen-bond acceptors (Lipinski definition) is 7. The van der Waals surface area contributed by atoms with E-state index in [4.69, 9.17) is 5.84 Å². The van der Waals surface area contributed by atoms with E-state index in [0.717, 1.165) is 19.3 Å². The Kier molecular flexibility index (Phi) is 4.56. The Balaban J connectivity index is 2.25. The highest BCUT2D eigenvalue weighted by Gasteiger charge is 2.33. The molecule has 0 spiro atoms. The van der Waals surface area contributed by atoms with Crippen LogP contribution in [-0.2, 0) is 0 Å². The van der Waals surface area contributed by atoms with Gasteiger partial charge in [-0.25, -0.2) is 10.8 Å². The first-order valence-electron chi connectivity index (χ1n) is 7.25. The Labute approximate surface area is 123 Å². The quantitative estimate of drug-likeness (QED) is 0.418. The SMILES string of the molecule is CCC1(CNc2nc(NN)nc(C)c2[N+](=O)[O-])CCCC1. The molecule has 8 heteroatoms. The van der Waals surface area contributed by atoms with E-state index in [1.54, 1.807) is 6.92 Å². The first-order valence-corrected chi connectivity index (χ1v) is 7.25. The number of nitrogens with zero attached hydrogens (tertiary/aromatic N) is 3. The molecule has 1 aliphatic rings. The van der Waals surface area contributed by atoms with Crippen LogP contribution < -0.4 is 16.6 Å². The smallest absolute Gasteiger partial charge is 0.332 e. The van der Waals surface area contributed by atoms with Crippen molar-refractivity contribution in [3.05, 3.63) is 15.8 Å². The molecular weight excluding hydrogens is 272 g/mol. The zero-order valence-corrected chi connectivity index (χ0v) is 12.5. The van der Waals surface area contributed by atoms with Gasteiger partial charge in [0.2, 0.25) is 11.8 Å². The third-order valence-electron chi connectivity index (χ3n) is 4.42. The molecule has 0 aliphatic heterocycles. The summed E-state index contributed by atoms with van der Waals surface area (Å²) in [6.45, 7) is 4.43. The second-order valence-corrected chi connectivity index (χ2v) is 5.65. The summed E-state index contributed by atoms with van der Waals surface area (Å²) in [5.41, 5.74) is 2.76. The van der Waals surface area contributed by atoms with E-state index in [1.807, 2.05) is 0 Å². The van der Waals surface area contributed by atoms with Crippen molar-refractivity contribution in [1.29, 1.82) is 0 Å². The van der Waals surface area contributed by atoms with Gasteiger partial charge in [0, 0.05) is 6.54 Å². The van der Waals surface area contributed by atoms with Crippen molar-refractivity contribution in [2.45, 2.75) is 46.0 Å². The van der Waals surface area contributed by atoms with Gasteiger partial charge in [0.15, 0.2) is 0 Å². The Morgan fingerprint density at radius 3 is 2.57 bits per heavy atom. The number of hydrazine groups is 1. The highest BCUT2D eigenvalue weighted by atomic mass is 16.6. The molecule has 1 aromatic rings. The van der Waals surface area contributed by atoms with Crippen LogP contribution in [0.2, 0.25) is 0 Å². The number of anilines is 2. The van der Waals surface area contributed by atoms with Crippen LogP contribution in [0.25, 0.3) is 0 Å². The second-order valence-electron chi connectivity index (χ2n) is 5.65. The van der Waals surface area contributed by atoms with Gasteiger partial charge >= 0.3 is 5.69 Å². The largest absolute Gasteiger partial charge is 0.364 e. The van der Waals surface area contributed by atoms with Gasteiger partial charge in [0.05, 0.1) is 4.92 Å². The molecule has 0 amide bonds. The van der Waals surface area contributed by atoms with E-state index in [0.29, 0.717) is 12.2 Å². The van der Waals surface area contributed by atoms with Crippen molar-refractivity contribution in [3.8, 4) is 0 Å². The predicted molar refractivity (Wildman–Crippen MR) is 80.9 cm³/mol. The Bertz CT molecular complexity index is 528. The van der Waals surface area contributed by atoms with E-state index < -0.39 is 4.92 Å². The molecule has 0 radical (unpaired) electrons. The molecule has 0 aromatic carbocycles. The number of nitrogens with two attached hydrogens (primary N) is 1. The van der Waals surface area contributed by atoms with Crippen molar-refractivity contribution in [1.82, 2.24) is 9.97 Å². The van der Waals surface area contributed by atoms with Crippen LogP contribution >= 0.6 is 0 Å². The average molecular weight is 294 g/mol. The Hall–Kier alpha value is -1.96. The van der Waals surface area contributed by atoms with Crippen molar-refractivity contribution in [2.24, 2.45) is 11.3 Å². The lowest BCUT2D eigenvalue weighted by molar-refractivity contribution is -0.385. The molecule has 1 fully saturated rings. The zero-order chi connectivity index (χ0) is 15.5. The van der Waals surface area contributed by atoms with Gasteiger partial charge in [-0.1, -0.05) is 19.8 Å². The number of nitrogen functional groups attached to an aromatic ring is 1. The minimum absolute atomic E-state index is 0.0850. The molecule has 2 rings (SSSR count). The fraction of sp³-hybridized carbons (Fsp3) is 0.692. The minimum atomic E-state index is -0.453. The van der Waals surface area contributed by atoms with Crippen LogP contribution in [0.5, 0.6) is 0 Å². The van der Waals surface area contributed by atoms with E-state index in [1.165, 1.54) is 12.8 Å². The summed E-state index contributed by atoms with van der Waals surface area (Å²) in [4.78, 5) is 18.8. The highest BCUT2D eigenvalue weighted by molar-refractivity contribution is 5.60. The predicted octanol–water partition coefficient (Wildman–Crippen LogP) is 2.36. The van der Waals surface area contributed by atoms with E-state index in [-0.39, 0.29) is 22.9 Å². The fourth-order valence-electron chi connectivity index (χ4n) is 3.02. The highest BCUT2D eigenvalue weighted by Crippen LogP contribution is 2.41. The van der Waals surface area contributed by atoms with E-state index in [9.17, 15) is 10.1 Å². The van der Waals surface area contributed by atoms with Crippen LogP contribution in [0.1, 0.15) is 44.7 Å². The summed E-state index contributed by atoms with van der Waals surface area (Å²) in [7, 11) is 0.